The lowest BCUT2D eigenvalue weighted by Crippen LogP contribution is -3.11. The number of para-hydroxylation sites is 1. The second-order valence-electron chi connectivity index (χ2n) is 4.94. The predicted octanol–water partition coefficient (Wildman–Crippen LogP) is 0.0412. The van der Waals surface area contributed by atoms with Crippen molar-refractivity contribution >= 4 is 23.6 Å². The minimum absolute atomic E-state index is 0.233. The molecule has 1 unspecified atom stereocenters. The molecule has 132 valence electrons. The van der Waals surface area contributed by atoms with Gasteiger partial charge in [0, 0.05) is 0 Å². The molecule has 1 aromatic carbocycles. The lowest BCUT2D eigenvalue weighted by molar-refractivity contribution is -0.862. The smallest absolute Gasteiger partial charge is 0.418 e. The number of halogens is 3. The number of ether oxygens (including phenoxy) is 1. The van der Waals surface area contributed by atoms with Crippen molar-refractivity contribution in [3.05, 3.63) is 29.8 Å². The number of likely N-dealkylation sites (N-methyl/N-ethyl adjacent to an activating group) is 1. The molecular formula is C14H17F3N3O4+. The number of anilines is 1. The second kappa shape index (κ2) is 8.29. The zero-order chi connectivity index (χ0) is 18.3. The SMILES string of the molecule is COC(=O)NC(=O)C[NH+](C)CC(=O)Nc1ccccc1C(F)(F)F. The maximum atomic E-state index is 12.8. The first-order valence-corrected chi connectivity index (χ1v) is 6.78. The van der Waals surface area contributed by atoms with Gasteiger partial charge >= 0.3 is 12.3 Å². The largest absolute Gasteiger partial charge is 0.453 e. The summed E-state index contributed by atoms with van der Waals surface area (Å²) >= 11 is 0. The first kappa shape index (κ1) is 19.4. The van der Waals surface area contributed by atoms with Crippen molar-refractivity contribution in [3.63, 3.8) is 0 Å². The summed E-state index contributed by atoms with van der Waals surface area (Å²) in [6.07, 6.45) is -5.53. The van der Waals surface area contributed by atoms with E-state index in [0.717, 1.165) is 19.2 Å². The predicted molar refractivity (Wildman–Crippen MR) is 77.2 cm³/mol. The van der Waals surface area contributed by atoms with Crippen LogP contribution in [0.5, 0.6) is 0 Å². The van der Waals surface area contributed by atoms with E-state index in [2.05, 4.69) is 10.1 Å². The van der Waals surface area contributed by atoms with Gasteiger partial charge in [0.1, 0.15) is 0 Å². The topological polar surface area (TPSA) is 88.9 Å². The van der Waals surface area contributed by atoms with Crippen LogP contribution in [0.4, 0.5) is 23.7 Å². The molecule has 0 heterocycles. The molecule has 0 aliphatic rings. The van der Waals surface area contributed by atoms with Gasteiger partial charge in [0.2, 0.25) is 0 Å². The van der Waals surface area contributed by atoms with E-state index in [1.165, 1.54) is 19.2 Å². The van der Waals surface area contributed by atoms with Gasteiger partial charge in [-0.05, 0) is 12.1 Å². The molecule has 0 saturated carbocycles. The maximum absolute atomic E-state index is 12.8. The molecule has 7 nitrogen and oxygen atoms in total. The van der Waals surface area contributed by atoms with Crippen LogP contribution in [0.1, 0.15) is 5.56 Å². The van der Waals surface area contributed by atoms with Gasteiger partial charge < -0.3 is 15.0 Å². The van der Waals surface area contributed by atoms with Crippen molar-refractivity contribution in [2.45, 2.75) is 6.18 Å². The monoisotopic (exact) mass is 348 g/mol. The number of hydrogen-bond acceptors (Lipinski definition) is 4. The standard InChI is InChI=1S/C14H16F3N3O4/c1-20(8-12(22)19-13(23)24-2)7-11(21)18-10-6-4-3-5-9(10)14(15,16)17/h3-6H,7-8H2,1-2H3,(H,18,21)(H,19,22,23)/p+1. The van der Waals surface area contributed by atoms with Crippen molar-refractivity contribution in [2.24, 2.45) is 0 Å². The van der Waals surface area contributed by atoms with Crippen molar-refractivity contribution in [1.29, 1.82) is 0 Å². The normalized spacial score (nSPS) is 12.2. The summed E-state index contributed by atoms with van der Waals surface area (Å²) in [7, 11) is 2.57. The highest BCUT2D eigenvalue weighted by Gasteiger charge is 2.33. The fourth-order valence-corrected chi connectivity index (χ4v) is 1.85. The van der Waals surface area contributed by atoms with E-state index in [0.29, 0.717) is 4.90 Å². The van der Waals surface area contributed by atoms with E-state index in [1.54, 1.807) is 0 Å². The number of alkyl halides is 3. The highest BCUT2D eigenvalue weighted by molar-refractivity contribution is 5.93. The number of carbonyl (C=O) groups is 3. The van der Waals surface area contributed by atoms with Gasteiger partial charge in [0.05, 0.1) is 25.4 Å². The minimum atomic E-state index is -4.59. The van der Waals surface area contributed by atoms with Gasteiger partial charge in [-0.3, -0.25) is 14.9 Å². The molecule has 0 fully saturated rings. The molecule has 1 atom stereocenters. The van der Waals surface area contributed by atoms with Gasteiger partial charge in [0.25, 0.3) is 11.8 Å². The molecular weight excluding hydrogens is 331 g/mol. The molecule has 0 radical (unpaired) electrons. The van der Waals surface area contributed by atoms with Crippen LogP contribution in [0.2, 0.25) is 0 Å². The van der Waals surface area contributed by atoms with Crippen LogP contribution >= 0.6 is 0 Å². The second-order valence-corrected chi connectivity index (χ2v) is 4.94. The zero-order valence-electron chi connectivity index (χ0n) is 13.0. The molecule has 1 aromatic rings. The van der Waals surface area contributed by atoms with Crippen LogP contribution in [0.15, 0.2) is 24.3 Å². The average Bonchev–Trinajstić information content (AvgIpc) is 2.45. The first-order chi connectivity index (χ1) is 11.1. The Morgan fingerprint density at radius 1 is 1.12 bits per heavy atom. The average molecular weight is 348 g/mol. The molecule has 0 aromatic heterocycles. The van der Waals surface area contributed by atoms with Crippen LogP contribution in [0.3, 0.4) is 0 Å². The van der Waals surface area contributed by atoms with Gasteiger partial charge in [-0.15, -0.1) is 0 Å². The molecule has 0 saturated heterocycles. The quantitative estimate of drug-likeness (QED) is 0.701. The summed E-state index contributed by atoms with van der Waals surface area (Å²) < 4.78 is 42.7. The van der Waals surface area contributed by atoms with E-state index < -0.39 is 29.6 Å². The summed E-state index contributed by atoms with van der Waals surface area (Å²) in [4.78, 5) is 34.5. The molecule has 3 N–H and O–H groups in total. The lowest BCUT2D eigenvalue weighted by Gasteiger charge is -2.15. The molecule has 0 aliphatic carbocycles. The van der Waals surface area contributed by atoms with E-state index in [4.69, 9.17) is 0 Å². The van der Waals surface area contributed by atoms with E-state index in [-0.39, 0.29) is 18.8 Å². The molecule has 10 heteroatoms. The third-order valence-electron chi connectivity index (χ3n) is 2.86. The number of alkyl carbamates (subject to hydrolysis) is 1. The number of carbonyl (C=O) groups excluding carboxylic acids is 3. The zero-order valence-corrected chi connectivity index (χ0v) is 13.0. The van der Waals surface area contributed by atoms with Crippen molar-refractivity contribution in [3.8, 4) is 0 Å². The lowest BCUT2D eigenvalue weighted by atomic mass is 10.1. The summed E-state index contributed by atoms with van der Waals surface area (Å²) in [6.45, 7) is -0.496. The van der Waals surface area contributed by atoms with Gasteiger partial charge in [-0.25, -0.2) is 4.79 Å². The Kier molecular flexibility index (Phi) is 6.71. The Hall–Kier alpha value is -2.62. The van der Waals surface area contributed by atoms with E-state index >= 15 is 0 Å². The Balaban J connectivity index is 2.61. The number of rotatable bonds is 5. The number of quaternary nitrogens is 1. The van der Waals surface area contributed by atoms with Gasteiger partial charge in [-0.1, -0.05) is 12.1 Å². The van der Waals surface area contributed by atoms with Gasteiger partial charge in [-0.2, -0.15) is 13.2 Å². The molecule has 3 amide bonds. The van der Waals surface area contributed by atoms with Crippen molar-refractivity contribution in [1.82, 2.24) is 5.32 Å². The molecule has 0 bridgehead atoms. The first-order valence-electron chi connectivity index (χ1n) is 6.78. The van der Waals surface area contributed by atoms with Crippen molar-refractivity contribution < 1.29 is 37.2 Å². The number of methoxy groups -OCH3 is 1. The summed E-state index contributed by atoms with van der Waals surface area (Å²) in [5.41, 5.74) is -1.32. The molecule has 0 spiro atoms. The fourth-order valence-electron chi connectivity index (χ4n) is 1.85. The number of amides is 3. The third kappa shape index (κ3) is 6.24. The number of imide groups is 1. The van der Waals surface area contributed by atoms with E-state index in [9.17, 15) is 27.6 Å². The Morgan fingerprint density at radius 2 is 1.71 bits per heavy atom. The van der Waals surface area contributed by atoms with E-state index in [1.807, 2.05) is 5.32 Å². The van der Waals surface area contributed by atoms with Crippen molar-refractivity contribution in [2.75, 3.05) is 32.6 Å². The third-order valence-corrected chi connectivity index (χ3v) is 2.86. The Bertz CT molecular complexity index is 620. The van der Waals surface area contributed by atoms with Crippen LogP contribution < -0.4 is 15.5 Å². The summed E-state index contributed by atoms with van der Waals surface area (Å²) in [6, 6.07) is 4.58. The van der Waals surface area contributed by atoms with Crippen LogP contribution in [0.25, 0.3) is 0 Å². The number of benzene rings is 1. The summed E-state index contributed by atoms with van der Waals surface area (Å²) in [5.74, 6) is -1.38. The molecule has 1 rings (SSSR count). The van der Waals surface area contributed by atoms with Crippen LogP contribution in [-0.2, 0) is 20.5 Å². The van der Waals surface area contributed by atoms with Gasteiger partial charge in [0.15, 0.2) is 13.1 Å². The number of nitrogens with one attached hydrogen (secondary N) is 3. The maximum Gasteiger partial charge on any atom is 0.418 e. The minimum Gasteiger partial charge on any atom is -0.453 e. The highest BCUT2D eigenvalue weighted by atomic mass is 19.4. The molecule has 0 aliphatic heterocycles. The Labute approximate surface area is 135 Å². The number of hydrogen-bond donors (Lipinski definition) is 3. The van der Waals surface area contributed by atoms with Crippen LogP contribution in [-0.4, -0.2) is 45.2 Å². The molecule has 24 heavy (non-hydrogen) atoms. The Morgan fingerprint density at radius 3 is 2.29 bits per heavy atom. The van der Waals surface area contributed by atoms with Crippen LogP contribution in [0, 0.1) is 0 Å². The fraction of sp³-hybridized carbons (Fsp3) is 0.357. The highest BCUT2D eigenvalue weighted by Crippen LogP contribution is 2.34. The summed E-state index contributed by atoms with van der Waals surface area (Å²) in [5, 5.41) is 4.08.